The van der Waals surface area contributed by atoms with Gasteiger partial charge in [-0.15, -0.1) is 0 Å². The van der Waals surface area contributed by atoms with E-state index in [0.29, 0.717) is 29.7 Å². The van der Waals surface area contributed by atoms with Crippen molar-refractivity contribution in [3.8, 4) is 5.69 Å². The fraction of sp³-hybridized carbons (Fsp3) is 0.292. The number of esters is 1. The van der Waals surface area contributed by atoms with Gasteiger partial charge in [0.05, 0.1) is 34.0 Å². The van der Waals surface area contributed by atoms with E-state index in [1.807, 2.05) is 0 Å². The van der Waals surface area contributed by atoms with Crippen molar-refractivity contribution in [2.24, 2.45) is 0 Å². The Bertz CT molecular complexity index is 1220. The van der Waals surface area contributed by atoms with Crippen LogP contribution in [0, 0.1) is 0 Å². The molecular weight excluding hydrogens is 457 g/mol. The van der Waals surface area contributed by atoms with Crippen LogP contribution in [0.1, 0.15) is 63.0 Å². The lowest BCUT2D eigenvalue weighted by atomic mass is 9.92. The number of hydrogen-bond donors (Lipinski definition) is 0. The van der Waals surface area contributed by atoms with E-state index in [1.165, 1.54) is 12.1 Å². The minimum absolute atomic E-state index is 0.0298. The molecule has 5 nitrogen and oxygen atoms in total. The number of carbonyl (C=O) groups excluding carboxylic acids is 2. The van der Waals surface area contributed by atoms with Gasteiger partial charge in [-0.25, -0.2) is 9.48 Å². The summed E-state index contributed by atoms with van der Waals surface area (Å²) in [5, 5.41) is 4.17. The van der Waals surface area contributed by atoms with E-state index in [2.05, 4.69) is 5.10 Å². The van der Waals surface area contributed by atoms with E-state index in [1.54, 1.807) is 35.9 Å². The van der Waals surface area contributed by atoms with Gasteiger partial charge in [0.1, 0.15) is 5.69 Å². The number of alkyl halides is 3. The minimum Gasteiger partial charge on any atom is -0.462 e. The second-order valence-electron chi connectivity index (χ2n) is 7.65. The molecule has 0 N–H and O–H groups in total. The highest BCUT2D eigenvalue weighted by Crippen LogP contribution is 2.37. The molecule has 0 unspecified atom stereocenters. The second kappa shape index (κ2) is 9.02. The maximum atomic E-state index is 13.6. The number of benzene rings is 2. The molecule has 0 saturated heterocycles. The zero-order valence-corrected chi connectivity index (χ0v) is 18.5. The molecule has 1 aromatic heterocycles. The highest BCUT2D eigenvalue weighted by atomic mass is 35.5. The summed E-state index contributed by atoms with van der Waals surface area (Å²) in [5.74, 6) is -1.31. The van der Waals surface area contributed by atoms with Gasteiger partial charge in [0.2, 0.25) is 5.78 Å². The summed E-state index contributed by atoms with van der Waals surface area (Å²) >= 11 is 6.06. The van der Waals surface area contributed by atoms with Crippen molar-refractivity contribution in [2.45, 2.75) is 38.8 Å². The summed E-state index contributed by atoms with van der Waals surface area (Å²) in [5.41, 5.74) is 0.653. The van der Waals surface area contributed by atoms with E-state index in [0.717, 1.165) is 24.6 Å². The maximum absolute atomic E-state index is 13.6. The number of halogens is 4. The number of ketones is 1. The molecular formula is C24H20ClF3N2O3. The molecule has 0 fully saturated rings. The Hall–Kier alpha value is -3.13. The van der Waals surface area contributed by atoms with Gasteiger partial charge in [0.15, 0.2) is 0 Å². The standard InChI is InChI=1S/C24H20ClF3N2O3/c1-2-33-23(32)14-10-12-15(13-11-14)30-19-9-4-3-6-16(19)21(29-30)22(31)20-17(24(26,27)28)7-5-8-18(20)25/h5,7-8,10-13H,2-4,6,9H2,1H3. The van der Waals surface area contributed by atoms with E-state index >= 15 is 0 Å². The van der Waals surface area contributed by atoms with Gasteiger partial charge in [0, 0.05) is 11.3 Å². The first-order chi connectivity index (χ1) is 15.7. The van der Waals surface area contributed by atoms with Gasteiger partial charge >= 0.3 is 12.1 Å². The number of fused-ring (bicyclic) bond motifs is 1. The predicted octanol–water partition coefficient (Wildman–Crippen LogP) is 5.83. The minimum atomic E-state index is -4.73. The monoisotopic (exact) mass is 476 g/mol. The lowest BCUT2D eigenvalue weighted by Gasteiger charge is -2.15. The molecule has 0 atom stereocenters. The summed E-state index contributed by atoms with van der Waals surface area (Å²) in [6.45, 7) is 1.96. The fourth-order valence-electron chi connectivity index (χ4n) is 4.06. The van der Waals surface area contributed by atoms with Crippen molar-refractivity contribution in [3.05, 3.63) is 81.1 Å². The summed E-state index contributed by atoms with van der Waals surface area (Å²) in [6, 6.07) is 9.78. The Morgan fingerprint density at radius 1 is 1.09 bits per heavy atom. The quantitative estimate of drug-likeness (QED) is 0.343. The van der Waals surface area contributed by atoms with Gasteiger partial charge in [-0.3, -0.25) is 4.79 Å². The average molecular weight is 477 g/mol. The number of ether oxygens (including phenoxy) is 1. The zero-order valence-electron chi connectivity index (χ0n) is 17.7. The van der Waals surface area contributed by atoms with Crippen LogP contribution >= 0.6 is 11.6 Å². The predicted molar refractivity (Wildman–Crippen MR) is 116 cm³/mol. The smallest absolute Gasteiger partial charge is 0.417 e. The van der Waals surface area contributed by atoms with Crippen molar-refractivity contribution in [1.82, 2.24) is 9.78 Å². The Labute approximate surface area is 193 Å². The Morgan fingerprint density at radius 3 is 2.45 bits per heavy atom. The lowest BCUT2D eigenvalue weighted by Crippen LogP contribution is -2.16. The van der Waals surface area contributed by atoms with Crippen LogP contribution in [0.25, 0.3) is 5.69 Å². The maximum Gasteiger partial charge on any atom is 0.417 e. The fourth-order valence-corrected chi connectivity index (χ4v) is 4.32. The van der Waals surface area contributed by atoms with Crippen LogP contribution in [0.4, 0.5) is 13.2 Å². The molecule has 0 amide bonds. The summed E-state index contributed by atoms with van der Waals surface area (Å²) < 4.78 is 47.4. The Morgan fingerprint density at radius 2 is 1.79 bits per heavy atom. The van der Waals surface area contributed by atoms with Crippen LogP contribution in [-0.2, 0) is 23.8 Å². The molecule has 1 heterocycles. The first kappa shape index (κ1) is 23.0. The average Bonchev–Trinajstić information content (AvgIpc) is 3.18. The normalized spacial score (nSPS) is 13.5. The highest BCUT2D eigenvalue weighted by molar-refractivity contribution is 6.35. The van der Waals surface area contributed by atoms with Gasteiger partial charge in [-0.05, 0) is 69.0 Å². The highest BCUT2D eigenvalue weighted by Gasteiger charge is 2.38. The number of carbonyl (C=O) groups is 2. The molecule has 0 aliphatic heterocycles. The molecule has 172 valence electrons. The molecule has 9 heteroatoms. The third-order valence-corrected chi connectivity index (χ3v) is 5.88. The van der Waals surface area contributed by atoms with Crippen LogP contribution in [0.5, 0.6) is 0 Å². The van der Waals surface area contributed by atoms with Gasteiger partial charge in [-0.1, -0.05) is 17.7 Å². The molecule has 0 saturated carbocycles. The molecule has 0 radical (unpaired) electrons. The largest absolute Gasteiger partial charge is 0.462 e. The molecule has 1 aliphatic rings. The SMILES string of the molecule is CCOC(=O)c1ccc(-n2nc(C(=O)c3c(Cl)cccc3C(F)(F)F)c3c2CCCC3)cc1. The third-order valence-electron chi connectivity index (χ3n) is 5.56. The molecule has 4 rings (SSSR count). The Balaban J connectivity index is 1.80. The first-order valence-electron chi connectivity index (χ1n) is 10.5. The van der Waals surface area contributed by atoms with Gasteiger partial charge in [0.25, 0.3) is 0 Å². The molecule has 0 spiro atoms. The summed E-state index contributed by atoms with van der Waals surface area (Å²) in [6.07, 6.45) is -1.91. The van der Waals surface area contributed by atoms with Gasteiger partial charge < -0.3 is 4.74 Å². The molecule has 33 heavy (non-hydrogen) atoms. The number of hydrogen-bond acceptors (Lipinski definition) is 4. The lowest BCUT2D eigenvalue weighted by molar-refractivity contribution is -0.137. The van der Waals surface area contributed by atoms with Crippen molar-refractivity contribution in [1.29, 1.82) is 0 Å². The van der Waals surface area contributed by atoms with Gasteiger partial charge in [-0.2, -0.15) is 18.3 Å². The van der Waals surface area contributed by atoms with E-state index in [9.17, 15) is 22.8 Å². The van der Waals surface area contributed by atoms with E-state index in [-0.39, 0.29) is 17.3 Å². The van der Waals surface area contributed by atoms with Crippen LogP contribution in [0.15, 0.2) is 42.5 Å². The van der Waals surface area contributed by atoms with Crippen molar-refractivity contribution >= 4 is 23.4 Å². The van der Waals surface area contributed by atoms with Crippen LogP contribution < -0.4 is 0 Å². The number of nitrogens with zero attached hydrogens (tertiary/aromatic N) is 2. The second-order valence-corrected chi connectivity index (χ2v) is 8.06. The van der Waals surface area contributed by atoms with Crippen LogP contribution in [-0.4, -0.2) is 28.1 Å². The van der Waals surface area contributed by atoms with E-state index in [4.69, 9.17) is 16.3 Å². The summed E-state index contributed by atoms with van der Waals surface area (Å²) in [4.78, 5) is 25.3. The van der Waals surface area contributed by atoms with Crippen molar-refractivity contribution < 1.29 is 27.5 Å². The van der Waals surface area contributed by atoms with Crippen LogP contribution in [0.2, 0.25) is 5.02 Å². The Kier molecular flexibility index (Phi) is 6.30. The zero-order chi connectivity index (χ0) is 23.8. The molecule has 3 aromatic rings. The molecule has 0 bridgehead atoms. The van der Waals surface area contributed by atoms with E-state index < -0.39 is 29.1 Å². The van der Waals surface area contributed by atoms with Crippen LogP contribution in [0.3, 0.4) is 0 Å². The number of aromatic nitrogens is 2. The van der Waals surface area contributed by atoms with Crippen molar-refractivity contribution in [2.75, 3.05) is 6.61 Å². The molecule has 2 aromatic carbocycles. The summed E-state index contributed by atoms with van der Waals surface area (Å²) in [7, 11) is 0. The molecule has 1 aliphatic carbocycles. The number of rotatable bonds is 5. The topological polar surface area (TPSA) is 61.2 Å². The van der Waals surface area contributed by atoms with Crippen molar-refractivity contribution in [3.63, 3.8) is 0 Å². The first-order valence-corrected chi connectivity index (χ1v) is 10.9. The third kappa shape index (κ3) is 4.39.